The Kier molecular flexibility index (Phi) is 6.40. The highest BCUT2D eigenvalue weighted by Gasteiger charge is 2.46. The lowest BCUT2D eigenvalue weighted by atomic mass is 9.92. The first kappa shape index (κ1) is 23.9. The van der Waals surface area contributed by atoms with Crippen molar-refractivity contribution in [3.63, 3.8) is 0 Å². The molecule has 5 heteroatoms. The molecule has 1 saturated heterocycles. The second-order valence-electron chi connectivity index (χ2n) is 10.0. The number of nitrogens with zero attached hydrogens (tertiary/aromatic N) is 1. The predicted molar refractivity (Wildman–Crippen MR) is 140 cm³/mol. The second kappa shape index (κ2) is 9.65. The molecular formula is C31H31NO4. The summed E-state index contributed by atoms with van der Waals surface area (Å²) in [5, 5.41) is 11.4. The summed E-state index contributed by atoms with van der Waals surface area (Å²) in [7, 11) is 0. The fraction of sp³-hybridized carbons (Fsp3) is 0.290. The molecule has 3 aromatic carbocycles. The largest absolute Gasteiger partial charge is 0.507 e. The van der Waals surface area contributed by atoms with Crippen LogP contribution in [0.2, 0.25) is 0 Å². The summed E-state index contributed by atoms with van der Waals surface area (Å²) in [4.78, 5) is 28.2. The number of hydrogen-bond donors (Lipinski definition) is 1. The maximum atomic E-state index is 13.4. The third-order valence-corrected chi connectivity index (χ3v) is 7.11. The number of Topliss-reactive ketones (excluding diaryl/α,β-unsaturated/α-hetero) is 1. The summed E-state index contributed by atoms with van der Waals surface area (Å²) in [6.07, 6.45) is 1.42. The van der Waals surface area contributed by atoms with Crippen LogP contribution in [0.1, 0.15) is 60.5 Å². The van der Waals surface area contributed by atoms with Gasteiger partial charge in [-0.1, -0.05) is 68.4 Å². The average Bonchev–Trinajstić information content (AvgIpc) is 3.38. The number of carbonyl (C=O) groups excluding carboxylic acids is 2. The fourth-order valence-electron chi connectivity index (χ4n) is 5.14. The second-order valence-corrected chi connectivity index (χ2v) is 10.0. The van der Waals surface area contributed by atoms with E-state index in [9.17, 15) is 14.7 Å². The number of ketones is 1. The highest BCUT2D eigenvalue weighted by atomic mass is 16.5. The summed E-state index contributed by atoms with van der Waals surface area (Å²) in [6, 6.07) is 22.7. The van der Waals surface area contributed by atoms with Crippen molar-refractivity contribution in [2.24, 2.45) is 0 Å². The molecule has 0 radical (unpaired) electrons. The molecule has 2 unspecified atom stereocenters. The molecule has 5 rings (SSSR count). The normalized spacial score (nSPS) is 20.6. The molecule has 2 atom stereocenters. The van der Waals surface area contributed by atoms with Gasteiger partial charge in [0.05, 0.1) is 11.6 Å². The molecular weight excluding hydrogens is 450 g/mol. The van der Waals surface area contributed by atoms with Gasteiger partial charge < -0.3 is 14.7 Å². The average molecular weight is 482 g/mol. The Morgan fingerprint density at radius 3 is 2.44 bits per heavy atom. The minimum atomic E-state index is -0.654. The van der Waals surface area contributed by atoms with Crippen LogP contribution in [0.15, 0.2) is 78.4 Å². The maximum absolute atomic E-state index is 13.4. The van der Waals surface area contributed by atoms with E-state index >= 15 is 0 Å². The van der Waals surface area contributed by atoms with Gasteiger partial charge in [-0.25, -0.2) is 0 Å². The van der Waals surface area contributed by atoms with E-state index < -0.39 is 17.7 Å². The number of carbonyl (C=O) groups is 2. The Morgan fingerprint density at radius 2 is 1.75 bits per heavy atom. The molecule has 0 saturated carbocycles. The number of rotatable bonds is 6. The molecule has 5 nitrogen and oxygen atoms in total. The van der Waals surface area contributed by atoms with E-state index in [2.05, 4.69) is 13.8 Å². The highest BCUT2D eigenvalue weighted by Crippen LogP contribution is 2.41. The topological polar surface area (TPSA) is 66.8 Å². The van der Waals surface area contributed by atoms with E-state index in [4.69, 9.17) is 4.74 Å². The molecule has 0 aromatic heterocycles. The quantitative estimate of drug-likeness (QED) is 0.275. The van der Waals surface area contributed by atoms with Gasteiger partial charge in [0.15, 0.2) is 0 Å². The molecule has 36 heavy (non-hydrogen) atoms. The van der Waals surface area contributed by atoms with Crippen molar-refractivity contribution in [1.82, 2.24) is 4.90 Å². The van der Waals surface area contributed by atoms with Crippen LogP contribution in [0.25, 0.3) is 5.76 Å². The van der Waals surface area contributed by atoms with Crippen LogP contribution >= 0.6 is 0 Å². The first-order chi connectivity index (χ1) is 17.3. The van der Waals surface area contributed by atoms with Crippen molar-refractivity contribution < 1.29 is 19.4 Å². The van der Waals surface area contributed by atoms with Crippen LogP contribution in [-0.2, 0) is 22.4 Å². The fourth-order valence-corrected chi connectivity index (χ4v) is 5.14. The van der Waals surface area contributed by atoms with Gasteiger partial charge in [0, 0.05) is 18.5 Å². The van der Waals surface area contributed by atoms with Gasteiger partial charge in [-0.2, -0.15) is 0 Å². The molecule has 2 aliphatic rings. The maximum Gasteiger partial charge on any atom is 0.295 e. The number of fused-ring (bicyclic) bond motifs is 1. The Hall–Kier alpha value is -3.86. The van der Waals surface area contributed by atoms with Crippen LogP contribution in [0.5, 0.6) is 5.75 Å². The number of benzene rings is 3. The number of hydrogen-bond acceptors (Lipinski definition) is 4. The van der Waals surface area contributed by atoms with Crippen LogP contribution in [-0.4, -0.2) is 34.3 Å². The summed E-state index contributed by atoms with van der Waals surface area (Å²) in [6.45, 7) is 6.62. The smallest absolute Gasteiger partial charge is 0.295 e. The Bertz CT molecular complexity index is 1320. The molecule has 1 N–H and O–H groups in total. The first-order valence-corrected chi connectivity index (χ1v) is 12.6. The van der Waals surface area contributed by atoms with Gasteiger partial charge in [0.25, 0.3) is 11.7 Å². The van der Waals surface area contributed by atoms with Crippen molar-refractivity contribution in [2.75, 3.05) is 6.54 Å². The molecule has 1 fully saturated rings. The van der Waals surface area contributed by atoms with E-state index in [1.807, 2.05) is 73.7 Å². The minimum absolute atomic E-state index is 0.0698. The van der Waals surface area contributed by atoms with Crippen molar-refractivity contribution in [1.29, 1.82) is 0 Å². The van der Waals surface area contributed by atoms with Crippen LogP contribution in [0.3, 0.4) is 0 Å². The van der Waals surface area contributed by atoms with E-state index in [1.165, 1.54) is 5.56 Å². The molecule has 2 heterocycles. The summed E-state index contributed by atoms with van der Waals surface area (Å²) in [5.74, 6) is -0.217. The molecule has 0 aliphatic carbocycles. The van der Waals surface area contributed by atoms with Gasteiger partial charge in [-0.15, -0.1) is 0 Å². The number of ether oxygens (including phenoxy) is 1. The molecule has 0 spiro atoms. The lowest BCUT2D eigenvalue weighted by molar-refractivity contribution is -0.139. The van der Waals surface area contributed by atoms with Crippen molar-refractivity contribution >= 4 is 17.4 Å². The number of amides is 1. The zero-order valence-corrected chi connectivity index (χ0v) is 20.9. The summed E-state index contributed by atoms with van der Waals surface area (Å²) in [5.41, 5.74) is 4.72. The number of aliphatic hydroxyl groups is 1. The third-order valence-electron chi connectivity index (χ3n) is 7.11. The third kappa shape index (κ3) is 4.41. The van der Waals surface area contributed by atoms with Crippen LogP contribution in [0, 0.1) is 0 Å². The Morgan fingerprint density at radius 1 is 1.03 bits per heavy atom. The highest BCUT2D eigenvalue weighted by molar-refractivity contribution is 6.46. The number of likely N-dealkylation sites (tertiary alicyclic amines) is 1. The zero-order valence-electron chi connectivity index (χ0n) is 20.9. The predicted octanol–water partition coefficient (Wildman–Crippen LogP) is 5.80. The SMILES string of the molecule is CC1Cc2cc(/C(O)=C3/C(=O)C(=O)N(CCc4ccccc4)C3c3ccc(C(C)C)cc3)ccc2O1. The Labute approximate surface area is 212 Å². The zero-order chi connectivity index (χ0) is 25.4. The molecule has 184 valence electrons. The number of aliphatic hydroxyl groups excluding tert-OH is 1. The minimum Gasteiger partial charge on any atom is -0.507 e. The molecule has 2 aliphatic heterocycles. The van der Waals surface area contributed by atoms with Crippen molar-refractivity contribution in [3.05, 3.63) is 106 Å². The van der Waals surface area contributed by atoms with Gasteiger partial charge in [-0.3, -0.25) is 9.59 Å². The Balaban J connectivity index is 1.57. The lowest BCUT2D eigenvalue weighted by Gasteiger charge is -2.26. The van der Waals surface area contributed by atoms with Crippen LogP contribution < -0.4 is 4.74 Å². The van der Waals surface area contributed by atoms with E-state index in [0.717, 1.165) is 28.9 Å². The van der Waals surface area contributed by atoms with Gasteiger partial charge in [-0.05, 0) is 59.7 Å². The van der Waals surface area contributed by atoms with Gasteiger partial charge in [0.1, 0.15) is 17.6 Å². The van der Waals surface area contributed by atoms with Gasteiger partial charge >= 0.3 is 0 Å². The molecule has 0 bridgehead atoms. The van der Waals surface area contributed by atoms with E-state index in [1.54, 1.807) is 11.0 Å². The van der Waals surface area contributed by atoms with Crippen LogP contribution in [0.4, 0.5) is 0 Å². The molecule has 3 aromatic rings. The van der Waals surface area contributed by atoms with Crippen molar-refractivity contribution in [3.8, 4) is 5.75 Å². The summed E-state index contributed by atoms with van der Waals surface area (Å²) >= 11 is 0. The van der Waals surface area contributed by atoms with E-state index in [-0.39, 0.29) is 17.4 Å². The summed E-state index contributed by atoms with van der Waals surface area (Å²) < 4.78 is 5.79. The lowest BCUT2D eigenvalue weighted by Crippen LogP contribution is -2.31. The molecule has 1 amide bonds. The first-order valence-electron chi connectivity index (χ1n) is 12.6. The standard InChI is InChI=1S/C31H31NO4/c1-19(2)22-9-11-23(12-10-22)28-27(29(33)24-13-14-26-25(18-24)17-20(3)36-26)30(34)31(35)32(28)16-15-21-7-5-4-6-8-21/h4-14,18-20,28,33H,15-17H2,1-3H3/b29-27-. The monoisotopic (exact) mass is 481 g/mol. The van der Waals surface area contributed by atoms with E-state index in [0.29, 0.717) is 24.4 Å². The van der Waals surface area contributed by atoms with Crippen molar-refractivity contribution in [2.45, 2.75) is 51.7 Å². The van der Waals surface area contributed by atoms with Gasteiger partial charge in [0.2, 0.25) is 0 Å².